The van der Waals surface area contributed by atoms with Gasteiger partial charge in [-0.2, -0.15) is 0 Å². The first kappa shape index (κ1) is 20.1. The summed E-state index contributed by atoms with van der Waals surface area (Å²) < 4.78 is 30.1. The summed E-state index contributed by atoms with van der Waals surface area (Å²) in [5, 5.41) is 0. The van der Waals surface area contributed by atoms with Crippen molar-refractivity contribution in [3.05, 3.63) is 35.3 Å². The second kappa shape index (κ2) is 8.57. The first-order valence-electron chi connectivity index (χ1n) is 8.95. The highest BCUT2D eigenvalue weighted by Gasteiger charge is 2.35. The zero-order valence-corrected chi connectivity index (χ0v) is 16.2. The van der Waals surface area contributed by atoms with Crippen LogP contribution in [0.2, 0.25) is 0 Å². The van der Waals surface area contributed by atoms with E-state index in [1.807, 2.05) is 7.05 Å². The molecule has 1 fully saturated rings. The van der Waals surface area contributed by atoms with Crippen molar-refractivity contribution in [1.29, 1.82) is 0 Å². The quantitative estimate of drug-likeness (QED) is 0.701. The molecule has 0 radical (unpaired) electrons. The molecule has 0 aromatic heterocycles. The lowest BCUT2D eigenvalue weighted by atomic mass is 10.1. The summed E-state index contributed by atoms with van der Waals surface area (Å²) >= 11 is 0. The highest BCUT2D eigenvalue weighted by Crippen LogP contribution is 2.37. The van der Waals surface area contributed by atoms with Gasteiger partial charge in [-0.15, -0.1) is 0 Å². The van der Waals surface area contributed by atoms with E-state index in [9.17, 15) is 14.0 Å². The van der Waals surface area contributed by atoms with Gasteiger partial charge in [0.2, 0.25) is 0 Å². The molecule has 0 atom stereocenters. The molecule has 1 aromatic carbocycles. The molecule has 3 rings (SSSR count). The zero-order chi connectivity index (χ0) is 20.3. The first-order chi connectivity index (χ1) is 13.5. The lowest BCUT2D eigenvalue weighted by Gasteiger charge is -2.38. The van der Waals surface area contributed by atoms with Crippen LogP contribution in [0.25, 0.3) is 0 Å². The minimum absolute atomic E-state index is 0.00631. The predicted molar refractivity (Wildman–Crippen MR) is 100 cm³/mol. The third kappa shape index (κ3) is 3.81. The number of benzene rings is 1. The Morgan fingerprint density at radius 2 is 1.75 bits per heavy atom. The van der Waals surface area contributed by atoms with E-state index in [1.165, 1.54) is 25.2 Å². The van der Waals surface area contributed by atoms with Gasteiger partial charge in [0.05, 0.1) is 32.1 Å². The number of esters is 2. The van der Waals surface area contributed by atoms with E-state index >= 15 is 0 Å². The van der Waals surface area contributed by atoms with Crippen molar-refractivity contribution in [3.8, 4) is 0 Å². The molecule has 9 heteroatoms. The van der Waals surface area contributed by atoms with E-state index in [0.717, 1.165) is 13.1 Å². The molecule has 0 spiro atoms. The summed E-state index contributed by atoms with van der Waals surface area (Å²) in [6.07, 6.45) is 0. The fourth-order valence-electron chi connectivity index (χ4n) is 3.39. The fourth-order valence-corrected chi connectivity index (χ4v) is 3.39. The van der Waals surface area contributed by atoms with Gasteiger partial charge in [-0.3, -0.25) is 0 Å². The number of hydrogen-bond acceptors (Lipinski definition) is 8. The molecule has 1 saturated heterocycles. The molecule has 0 amide bonds. The van der Waals surface area contributed by atoms with Crippen molar-refractivity contribution in [2.75, 3.05) is 70.6 Å². The van der Waals surface area contributed by atoms with Gasteiger partial charge in [0.1, 0.15) is 23.9 Å². The summed E-state index contributed by atoms with van der Waals surface area (Å²) in [4.78, 5) is 30.3. The Morgan fingerprint density at radius 3 is 2.39 bits per heavy atom. The van der Waals surface area contributed by atoms with Crippen LogP contribution < -0.4 is 9.80 Å². The summed E-state index contributed by atoms with van der Waals surface area (Å²) in [5.41, 5.74) is 0.729. The Kier molecular flexibility index (Phi) is 6.15. The van der Waals surface area contributed by atoms with Crippen LogP contribution in [0, 0.1) is 5.82 Å². The fraction of sp³-hybridized carbons (Fsp3) is 0.474. The number of hydrogen-bond donors (Lipinski definition) is 0. The summed E-state index contributed by atoms with van der Waals surface area (Å²) in [7, 11) is 4.45. The predicted octanol–water partition coefficient (Wildman–Crippen LogP) is 0.972. The van der Waals surface area contributed by atoms with Crippen LogP contribution in [0.5, 0.6) is 0 Å². The monoisotopic (exact) mass is 393 g/mol. The van der Waals surface area contributed by atoms with E-state index in [2.05, 4.69) is 9.80 Å². The number of methoxy groups -OCH3 is 2. The number of carbonyl (C=O) groups is 2. The molecule has 2 aliphatic heterocycles. The Morgan fingerprint density at radius 1 is 1.07 bits per heavy atom. The summed E-state index contributed by atoms with van der Waals surface area (Å²) in [6.45, 7) is 2.88. The molecular weight excluding hydrogens is 369 g/mol. The average molecular weight is 393 g/mol. The third-order valence-electron chi connectivity index (χ3n) is 4.91. The van der Waals surface area contributed by atoms with E-state index in [1.54, 1.807) is 12.1 Å². The van der Waals surface area contributed by atoms with Gasteiger partial charge < -0.3 is 28.9 Å². The molecule has 0 unspecified atom stereocenters. The van der Waals surface area contributed by atoms with Gasteiger partial charge in [0.25, 0.3) is 0 Å². The maximum absolute atomic E-state index is 15.0. The van der Waals surface area contributed by atoms with Gasteiger partial charge in [-0.1, -0.05) is 6.07 Å². The van der Waals surface area contributed by atoms with Gasteiger partial charge >= 0.3 is 11.9 Å². The number of carbonyl (C=O) groups excluding carboxylic acids is 2. The number of rotatable bonds is 4. The molecule has 0 saturated carbocycles. The summed E-state index contributed by atoms with van der Waals surface area (Å²) in [5.74, 6) is -1.99. The van der Waals surface area contributed by atoms with Crippen molar-refractivity contribution in [3.63, 3.8) is 0 Å². The Hall–Kier alpha value is -2.65. The molecule has 2 aliphatic rings. The maximum atomic E-state index is 15.0. The maximum Gasteiger partial charge on any atom is 0.355 e. The average Bonchev–Trinajstić information content (AvgIpc) is 2.72. The van der Waals surface area contributed by atoms with Gasteiger partial charge in [-0.05, 0) is 19.2 Å². The molecule has 28 heavy (non-hydrogen) atoms. The van der Waals surface area contributed by atoms with Crippen LogP contribution in [0.3, 0.4) is 0 Å². The Balaban J connectivity index is 2.10. The number of halogens is 1. The van der Waals surface area contributed by atoms with E-state index in [-0.39, 0.29) is 30.3 Å². The zero-order valence-electron chi connectivity index (χ0n) is 16.2. The number of para-hydroxylation sites is 1. The standard InChI is InChI=1S/C19H24FN3O5/c1-21-7-9-22(10-8-21)15-6-4-5-14(20)17(15)23-12-28-11-13(18(24)26-2)16(23)19(25)27-3/h4-6H,7-12H2,1-3H3. The Labute approximate surface area is 163 Å². The number of likely N-dealkylation sites (N-methyl/N-ethyl adjacent to an activating group) is 1. The van der Waals surface area contributed by atoms with Crippen LogP contribution in [0.1, 0.15) is 0 Å². The van der Waals surface area contributed by atoms with Crippen LogP contribution in [-0.4, -0.2) is 77.6 Å². The number of piperazine rings is 1. The van der Waals surface area contributed by atoms with Crippen molar-refractivity contribution in [2.24, 2.45) is 0 Å². The van der Waals surface area contributed by atoms with Gasteiger partial charge in [0, 0.05) is 26.2 Å². The molecule has 2 heterocycles. The largest absolute Gasteiger partial charge is 0.466 e. The highest BCUT2D eigenvalue weighted by atomic mass is 19.1. The lowest BCUT2D eigenvalue weighted by molar-refractivity contribution is -0.140. The molecule has 1 aromatic rings. The number of nitrogens with zero attached hydrogens (tertiary/aromatic N) is 3. The second-order valence-electron chi connectivity index (χ2n) is 6.61. The van der Waals surface area contributed by atoms with Crippen molar-refractivity contribution in [2.45, 2.75) is 0 Å². The second-order valence-corrected chi connectivity index (χ2v) is 6.61. The van der Waals surface area contributed by atoms with Crippen LogP contribution in [-0.2, 0) is 23.8 Å². The van der Waals surface area contributed by atoms with Crippen LogP contribution >= 0.6 is 0 Å². The minimum atomic E-state index is -0.753. The van der Waals surface area contributed by atoms with Crippen molar-refractivity contribution >= 4 is 23.3 Å². The molecule has 8 nitrogen and oxygen atoms in total. The van der Waals surface area contributed by atoms with Crippen LogP contribution in [0.4, 0.5) is 15.8 Å². The lowest BCUT2D eigenvalue weighted by Crippen LogP contribution is -2.46. The van der Waals surface area contributed by atoms with Gasteiger partial charge in [0.15, 0.2) is 0 Å². The van der Waals surface area contributed by atoms with E-state index in [4.69, 9.17) is 14.2 Å². The number of ether oxygens (including phenoxy) is 3. The topological polar surface area (TPSA) is 71.6 Å². The first-order valence-corrected chi connectivity index (χ1v) is 8.95. The van der Waals surface area contributed by atoms with Crippen molar-refractivity contribution in [1.82, 2.24) is 4.90 Å². The van der Waals surface area contributed by atoms with Crippen molar-refractivity contribution < 1.29 is 28.2 Å². The molecule has 0 N–H and O–H groups in total. The molecule has 152 valence electrons. The molecule has 0 aliphatic carbocycles. The SMILES string of the molecule is COC(=O)C1=C(C(=O)OC)N(c2c(F)cccc2N2CCN(C)CC2)COC1. The van der Waals surface area contributed by atoms with E-state index < -0.39 is 17.8 Å². The number of anilines is 2. The van der Waals surface area contributed by atoms with Gasteiger partial charge in [-0.25, -0.2) is 14.0 Å². The normalized spacial score (nSPS) is 18.3. The van der Waals surface area contributed by atoms with E-state index in [0.29, 0.717) is 18.8 Å². The molecule has 0 bridgehead atoms. The van der Waals surface area contributed by atoms with Crippen LogP contribution in [0.15, 0.2) is 29.5 Å². The Bertz CT molecular complexity index is 790. The third-order valence-corrected chi connectivity index (χ3v) is 4.91. The molecular formula is C19H24FN3O5. The summed E-state index contributed by atoms with van der Waals surface area (Å²) in [6, 6.07) is 4.74. The smallest absolute Gasteiger partial charge is 0.355 e. The highest BCUT2D eigenvalue weighted by molar-refractivity contribution is 6.04. The minimum Gasteiger partial charge on any atom is -0.466 e.